The molecule has 0 saturated carbocycles. The molecular weight excluding hydrogens is 324 g/mol. The summed E-state index contributed by atoms with van der Waals surface area (Å²) in [5.74, 6) is 0.130. The smallest absolute Gasteiger partial charge is 0.219 e. The van der Waals surface area contributed by atoms with Crippen molar-refractivity contribution in [2.24, 2.45) is 5.73 Å². The van der Waals surface area contributed by atoms with Crippen LogP contribution in [-0.4, -0.2) is 42.0 Å². The molecule has 3 N–H and O–H groups in total. The zero-order valence-electron chi connectivity index (χ0n) is 15.8. The van der Waals surface area contributed by atoms with E-state index in [0.717, 1.165) is 50.8 Å². The fourth-order valence-electron chi connectivity index (χ4n) is 3.77. The van der Waals surface area contributed by atoms with Crippen molar-refractivity contribution < 1.29 is 4.79 Å². The first kappa shape index (κ1) is 18.6. The lowest BCUT2D eigenvalue weighted by Gasteiger charge is -2.23. The van der Waals surface area contributed by atoms with Crippen LogP contribution in [0.2, 0.25) is 0 Å². The van der Waals surface area contributed by atoms with Crippen LogP contribution in [0.25, 0.3) is 10.9 Å². The van der Waals surface area contributed by atoms with Crippen LogP contribution in [0, 0.1) is 0 Å². The van der Waals surface area contributed by atoms with Crippen molar-refractivity contribution in [2.75, 3.05) is 31.5 Å². The van der Waals surface area contributed by atoms with Crippen molar-refractivity contribution in [2.45, 2.75) is 45.4 Å². The van der Waals surface area contributed by atoms with E-state index in [0.29, 0.717) is 6.54 Å². The highest BCUT2D eigenvalue weighted by Gasteiger charge is 2.17. The molecule has 26 heavy (non-hydrogen) atoms. The SMILES string of the molecule is CC(=O)N(CCCN)CCCNc1c2c(nc3ccccc13)CCCC2. The number of pyridine rings is 1. The lowest BCUT2D eigenvalue weighted by molar-refractivity contribution is -0.128. The maximum atomic E-state index is 11.7. The molecule has 0 fully saturated rings. The minimum atomic E-state index is 0.130. The molecule has 1 amide bonds. The molecule has 1 heterocycles. The molecule has 3 rings (SSSR count). The van der Waals surface area contributed by atoms with E-state index in [1.165, 1.54) is 35.2 Å². The predicted octanol–water partition coefficient (Wildman–Crippen LogP) is 3.11. The largest absolute Gasteiger partial charge is 0.384 e. The van der Waals surface area contributed by atoms with Gasteiger partial charge < -0.3 is 16.0 Å². The Morgan fingerprint density at radius 2 is 1.96 bits per heavy atom. The fourth-order valence-corrected chi connectivity index (χ4v) is 3.77. The Bertz CT molecular complexity index is 759. The first-order valence-corrected chi connectivity index (χ1v) is 9.80. The van der Waals surface area contributed by atoms with Gasteiger partial charge in [-0.15, -0.1) is 0 Å². The molecule has 5 nitrogen and oxygen atoms in total. The molecule has 0 atom stereocenters. The second-order valence-electron chi connectivity index (χ2n) is 7.06. The number of nitrogens with two attached hydrogens (primary N) is 1. The van der Waals surface area contributed by atoms with Gasteiger partial charge in [0.15, 0.2) is 0 Å². The second-order valence-corrected chi connectivity index (χ2v) is 7.06. The highest BCUT2D eigenvalue weighted by molar-refractivity contribution is 5.93. The maximum Gasteiger partial charge on any atom is 0.219 e. The summed E-state index contributed by atoms with van der Waals surface area (Å²) in [7, 11) is 0. The van der Waals surface area contributed by atoms with Gasteiger partial charge in [-0.2, -0.15) is 0 Å². The Kier molecular flexibility index (Phi) is 6.45. The summed E-state index contributed by atoms with van der Waals surface area (Å²) in [6, 6.07) is 8.38. The van der Waals surface area contributed by atoms with E-state index >= 15 is 0 Å². The number of para-hydroxylation sites is 1. The Morgan fingerprint density at radius 3 is 2.77 bits per heavy atom. The molecule has 1 aliphatic carbocycles. The summed E-state index contributed by atoms with van der Waals surface area (Å²) < 4.78 is 0. The van der Waals surface area contributed by atoms with Crippen molar-refractivity contribution >= 4 is 22.5 Å². The number of fused-ring (bicyclic) bond motifs is 2. The van der Waals surface area contributed by atoms with Gasteiger partial charge in [-0.25, -0.2) is 0 Å². The molecule has 1 aromatic heterocycles. The van der Waals surface area contributed by atoms with E-state index in [-0.39, 0.29) is 5.91 Å². The van der Waals surface area contributed by atoms with Crippen LogP contribution in [0.3, 0.4) is 0 Å². The standard InChI is InChI=1S/C21H30N4O/c1-16(26)25(14-6-12-22)15-7-13-23-21-17-8-2-4-10-19(17)24-20-11-5-3-9-18(20)21/h2,4,8,10H,3,5-7,9,11-15,22H2,1H3,(H,23,24). The van der Waals surface area contributed by atoms with Crippen LogP contribution < -0.4 is 11.1 Å². The Morgan fingerprint density at radius 1 is 1.19 bits per heavy atom. The van der Waals surface area contributed by atoms with Gasteiger partial charge in [-0.1, -0.05) is 18.2 Å². The number of benzene rings is 1. The summed E-state index contributed by atoms with van der Waals surface area (Å²) in [6.07, 6.45) is 6.42. The zero-order valence-corrected chi connectivity index (χ0v) is 15.8. The number of carbonyl (C=O) groups is 1. The first-order chi connectivity index (χ1) is 12.7. The monoisotopic (exact) mass is 354 g/mol. The van der Waals surface area contributed by atoms with Crippen LogP contribution in [-0.2, 0) is 17.6 Å². The van der Waals surface area contributed by atoms with Gasteiger partial charge in [0, 0.05) is 43.3 Å². The zero-order chi connectivity index (χ0) is 18.4. The average molecular weight is 354 g/mol. The van der Waals surface area contributed by atoms with E-state index in [4.69, 9.17) is 10.7 Å². The number of nitrogens with one attached hydrogen (secondary N) is 1. The molecular formula is C21H30N4O. The summed E-state index contributed by atoms with van der Waals surface area (Å²) in [4.78, 5) is 18.5. The van der Waals surface area contributed by atoms with Crippen molar-refractivity contribution in [3.8, 4) is 0 Å². The Hall–Kier alpha value is -2.14. The quantitative estimate of drug-likeness (QED) is 0.715. The average Bonchev–Trinajstić information content (AvgIpc) is 2.66. The van der Waals surface area contributed by atoms with E-state index in [1.54, 1.807) is 6.92 Å². The van der Waals surface area contributed by atoms with Gasteiger partial charge in [0.2, 0.25) is 5.91 Å². The van der Waals surface area contributed by atoms with E-state index in [9.17, 15) is 4.79 Å². The topological polar surface area (TPSA) is 71.2 Å². The van der Waals surface area contributed by atoms with Crippen LogP contribution in [0.4, 0.5) is 5.69 Å². The minimum absolute atomic E-state index is 0.130. The summed E-state index contributed by atoms with van der Waals surface area (Å²) in [5, 5.41) is 4.87. The molecule has 0 unspecified atom stereocenters. The van der Waals surface area contributed by atoms with Gasteiger partial charge in [0.1, 0.15) is 0 Å². The fraction of sp³-hybridized carbons (Fsp3) is 0.524. The van der Waals surface area contributed by atoms with E-state index in [2.05, 4.69) is 29.6 Å². The lowest BCUT2D eigenvalue weighted by Crippen LogP contribution is -2.32. The highest BCUT2D eigenvalue weighted by Crippen LogP contribution is 2.33. The molecule has 1 aromatic carbocycles. The predicted molar refractivity (Wildman–Crippen MR) is 107 cm³/mol. The number of aryl methyl sites for hydroxylation is 1. The number of carbonyl (C=O) groups excluding carboxylic acids is 1. The molecule has 2 aromatic rings. The van der Waals surface area contributed by atoms with Crippen LogP contribution in [0.15, 0.2) is 24.3 Å². The van der Waals surface area contributed by atoms with Gasteiger partial charge >= 0.3 is 0 Å². The van der Waals surface area contributed by atoms with Crippen molar-refractivity contribution in [3.63, 3.8) is 0 Å². The van der Waals surface area contributed by atoms with Crippen LogP contribution in [0.5, 0.6) is 0 Å². The number of amides is 1. The molecule has 5 heteroatoms. The van der Waals surface area contributed by atoms with Crippen LogP contribution >= 0.6 is 0 Å². The third kappa shape index (κ3) is 4.33. The van der Waals surface area contributed by atoms with Crippen molar-refractivity contribution in [3.05, 3.63) is 35.5 Å². The molecule has 140 valence electrons. The normalized spacial score (nSPS) is 13.5. The Balaban J connectivity index is 1.69. The molecule has 0 bridgehead atoms. The summed E-state index contributed by atoms with van der Waals surface area (Å²) in [5.41, 5.74) is 10.5. The maximum absolute atomic E-state index is 11.7. The highest BCUT2D eigenvalue weighted by atomic mass is 16.2. The van der Waals surface area contributed by atoms with Crippen LogP contribution in [0.1, 0.15) is 43.9 Å². The number of hydrogen-bond acceptors (Lipinski definition) is 4. The molecule has 1 aliphatic rings. The van der Waals surface area contributed by atoms with Crippen molar-refractivity contribution in [1.29, 1.82) is 0 Å². The summed E-state index contributed by atoms with van der Waals surface area (Å²) in [6.45, 7) is 4.63. The minimum Gasteiger partial charge on any atom is -0.384 e. The number of hydrogen-bond donors (Lipinski definition) is 2. The number of aromatic nitrogens is 1. The molecule has 0 radical (unpaired) electrons. The van der Waals surface area contributed by atoms with E-state index < -0.39 is 0 Å². The number of rotatable bonds is 8. The number of nitrogens with zero attached hydrogens (tertiary/aromatic N) is 2. The van der Waals surface area contributed by atoms with Gasteiger partial charge in [0.05, 0.1) is 5.52 Å². The molecule has 0 saturated heterocycles. The van der Waals surface area contributed by atoms with Gasteiger partial charge in [-0.05, 0) is 56.7 Å². The lowest BCUT2D eigenvalue weighted by atomic mass is 9.92. The van der Waals surface area contributed by atoms with Gasteiger partial charge in [-0.3, -0.25) is 9.78 Å². The first-order valence-electron chi connectivity index (χ1n) is 9.80. The Labute approximate surface area is 156 Å². The third-order valence-electron chi connectivity index (χ3n) is 5.15. The second kappa shape index (κ2) is 8.99. The third-order valence-corrected chi connectivity index (χ3v) is 5.15. The molecule has 0 aliphatic heterocycles. The number of anilines is 1. The van der Waals surface area contributed by atoms with Gasteiger partial charge in [0.25, 0.3) is 0 Å². The molecule has 0 spiro atoms. The summed E-state index contributed by atoms with van der Waals surface area (Å²) >= 11 is 0. The van der Waals surface area contributed by atoms with Crippen molar-refractivity contribution in [1.82, 2.24) is 9.88 Å². The van der Waals surface area contributed by atoms with E-state index in [1.807, 2.05) is 4.90 Å².